The Morgan fingerprint density at radius 3 is 3.00 bits per heavy atom. The fourth-order valence-electron chi connectivity index (χ4n) is 1.09. The summed E-state index contributed by atoms with van der Waals surface area (Å²) in [6.07, 6.45) is 1.69. The molecule has 0 saturated heterocycles. The molecule has 2 aromatic rings. The Labute approximate surface area is 95.0 Å². The minimum absolute atomic E-state index is 0.438. The zero-order valence-electron chi connectivity index (χ0n) is 8.07. The first kappa shape index (κ1) is 10.3. The van der Waals surface area contributed by atoms with Crippen LogP contribution in [0.4, 0.5) is 0 Å². The third-order valence-corrected chi connectivity index (χ3v) is 2.22. The fraction of sp³-hybridized carbons (Fsp3) is 0.222. The van der Waals surface area contributed by atoms with Gasteiger partial charge in [0.2, 0.25) is 0 Å². The van der Waals surface area contributed by atoms with Gasteiger partial charge in [0.1, 0.15) is 5.69 Å². The molecule has 78 valence electrons. The van der Waals surface area contributed by atoms with E-state index in [4.69, 9.17) is 4.52 Å². The number of nitrogens with zero attached hydrogens (tertiary/aromatic N) is 3. The Balaban J connectivity index is 2.25. The molecule has 0 spiro atoms. The van der Waals surface area contributed by atoms with Gasteiger partial charge in [0.05, 0.1) is 6.54 Å². The largest absolute Gasteiger partial charge is 0.332 e. The summed E-state index contributed by atoms with van der Waals surface area (Å²) in [7, 11) is 1.83. The molecule has 0 amide bonds. The highest BCUT2D eigenvalue weighted by atomic mass is 79.9. The predicted octanol–water partition coefficient (Wildman–Crippen LogP) is 1.61. The number of hydrogen-bond acceptors (Lipinski definition) is 5. The molecular formula is C9H9BrN4O. The van der Waals surface area contributed by atoms with Gasteiger partial charge in [-0.3, -0.25) is 0 Å². The van der Waals surface area contributed by atoms with E-state index in [1.54, 1.807) is 6.20 Å². The predicted molar refractivity (Wildman–Crippen MR) is 58.0 cm³/mol. The summed E-state index contributed by atoms with van der Waals surface area (Å²) >= 11 is 3.31. The van der Waals surface area contributed by atoms with Crippen LogP contribution in [0.15, 0.2) is 27.3 Å². The molecular weight excluding hydrogens is 260 g/mol. The summed E-state index contributed by atoms with van der Waals surface area (Å²) in [6.45, 7) is 0.583. The van der Waals surface area contributed by atoms with E-state index < -0.39 is 0 Å². The maximum Gasteiger partial charge on any atom is 0.276 e. The number of pyridine rings is 1. The lowest BCUT2D eigenvalue weighted by atomic mass is 10.3. The van der Waals surface area contributed by atoms with Crippen molar-refractivity contribution in [3.05, 3.63) is 28.6 Å². The summed E-state index contributed by atoms with van der Waals surface area (Å²) in [5.74, 6) is 1.06. The molecule has 0 aromatic carbocycles. The molecule has 0 aliphatic heterocycles. The molecule has 5 nitrogen and oxygen atoms in total. The molecule has 0 atom stereocenters. The van der Waals surface area contributed by atoms with Gasteiger partial charge in [0.25, 0.3) is 5.89 Å². The lowest BCUT2D eigenvalue weighted by Gasteiger charge is -1.92. The topological polar surface area (TPSA) is 63.8 Å². The molecule has 0 saturated carbocycles. The van der Waals surface area contributed by atoms with Crippen LogP contribution in [0.3, 0.4) is 0 Å². The van der Waals surface area contributed by atoms with E-state index >= 15 is 0 Å². The van der Waals surface area contributed by atoms with Crippen molar-refractivity contribution in [1.82, 2.24) is 20.4 Å². The van der Waals surface area contributed by atoms with Gasteiger partial charge in [0.15, 0.2) is 5.82 Å². The van der Waals surface area contributed by atoms with Crippen LogP contribution in [0, 0.1) is 0 Å². The quantitative estimate of drug-likeness (QED) is 0.917. The molecule has 2 heterocycles. The maximum absolute atomic E-state index is 5.06. The molecule has 15 heavy (non-hydrogen) atoms. The Morgan fingerprint density at radius 2 is 2.33 bits per heavy atom. The van der Waals surface area contributed by atoms with Crippen molar-refractivity contribution in [2.24, 2.45) is 0 Å². The van der Waals surface area contributed by atoms with Crippen molar-refractivity contribution in [2.75, 3.05) is 7.05 Å². The molecule has 0 radical (unpaired) electrons. The molecule has 0 aliphatic carbocycles. The van der Waals surface area contributed by atoms with Crippen LogP contribution in [-0.4, -0.2) is 22.2 Å². The molecule has 6 heteroatoms. The molecule has 0 unspecified atom stereocenters. The van der Waals surface area contributed by atoms with Gasteiger partial charge in [-0.15, -0.1) is 0 Å². The van der Waals surface area contributed by atoms with Gasteiger partial charge in [-0.05, 0) is 35.1 Å². The van der Waals surface area contributed by atoms with Crippen LogP contribution in [0.1, 0.15) is 5.82 Å². The second-order valence-corrected chi connectivity index (χ2v) is 3.82. The molecule has 1 N–H and O–H groups in total. The van der Waals surface area contributed by atoms with Gasteiger partial charge in [-0.25, -0.2) is 4.98 Å². The Kier molecular flexibility index (Phi) is 3.08. The summed E-state index contributed by atoms with van der Waals surface area (Å²) in [5.41, 5.74) is 0.674. The van der Waals surface area contributed by atoms with Crippen molar-refractivity contribution >= 4 is 15.9 Å². The smallest absolute Gasteiger partial charge is 0.276 e. The van der Waals surface area contributed by atoms with E-state index in [9.17, 15) is 0 Å². The zero-order chi connectivity index (χ0) is 10.7. The highest BCUT2D eigenvalue weighted by molar-refractivity contribution is 9.10. The van der Waals surface area contributed by atoms with E-state index in [0.29, 0.717) is 24.0 Å². The van der Waals surface area contributed by atoms with Gasteiger partial charge in [-0.2, -0.15) is 4.98 Å². The van der Waals surface area contributed by atoms with E-state index in [1.165, 1.54) is 0 Å². The number of nitrogens with one attached hydrogen (secondary N) is 1. The highest BCUT2D eigenvalue weighted by Crippen LogP contribution is 2.16. The molecule has 2 aromatic heterocycles. The van der Waals surface area contributed by atoms with E-state index in [2.05, 4.69) is 36.4 Å². The zero-order valence-corrected chi connectivity index (χ0v) is 9.65. The molecule has 0 aliphatic rings. The molecule has 0 bridgehead atoms. The second-order valence-electron chi connectivity index (χ2n) is 2.91. The lowest BCUT2D eigenvalue weighted by molar-refractivity contribution is 0.419. The lowest BCUT2D eigenvalue weighted by Crippen LogP contribution is -2.06. The van der Waals surface area contributed by atoms with Crippen molar-refractivity contribution in [2.45, 2.75) is 6.54 Å². The molecule has 2 rings (SSSR count). The van der Waals surface area contributed by atoms with Gasteiger partial charge < -0.3 is 9.84 Å². The van der Waals surface area contributed by atoms with E-state index in [-0.39, 0.29) is 0 Å². The average molecular weight is 269 g/mol. The Hall–Kier alpha value is -1.27. The summed E-state index contributed by atoms with van der Waals surface area (Å²) in [6, 6.07) is 3.70. The van der Waals surface area contributed by atoms with E-state index in [0.717, 1.165) is 4.47 Å². The van der Waals surface area contributed by atoms with Crippen LogP contribution < -0.4 is 5.32 Å². The maximum atomic E-state index is 5.06. The third kappa shape index (κ3) is 2.40. The number of hydrogen-bond donors (Lipinski definition) is 1. The van der Waals surface area contributed by atoms with Crippen molar-refractivity contribution in [3.63, 3.8) is 0 Å². The normalized spacial score (nSPS) is 10.5. The number of rotatable bonds is 3. The first-order valence-corrected chi connectivity index (χ1v) is 5.18. The second kappa shape index (κ2) is 4.50. The summed E-state index contributed by atoms with van der Waals surface area (Å²) in [5, 5.41) is 6.75. The fourth-order valence-corrected chi connectivity index (χ4v) is 1.32. The van der Waals surface area contributed by atoms with Crippen LogP contribution in [0.5, 0.6) is 0 Å². The first-order chi connectivity index (χ1) is 7.29. The van der Waals surface area contributed by atoms with Crippen LogP contribution in [0.25, 0.3) is 11.6 Å². The minimum atomic E-state index is 0.438. The number of aromatic nitrogens is 3. The summed E-state index contributed by atoms with van der Waals surface area (Å²) < 4.78 is 5.98. The standard InChI is InChI=1S/C9H9BrN4O/c1-11-5-8-13-9(15-14-8)7-3-2-6(10)4-12-7/h2-4,11H,5H2,1H3. The Bertz CT molecular complexity index is 440. The van der Waals surface area contributed by atoms with Crippen molar-refractivity contribution in [3.8, 4) is 11.6 Å². The SMILES string of the molecule is CNCc1noc(-c2ccc(Br)cn2)n1. The Morgan fingerprint density at radius 1 is 1.47 bits per heavy atom. The van der Waals surface area contributed by atoms with Gasteiger partial charge in [-0.1, -0.05) is 5.16 Å². The van der Waals surface area contributed by atoms with Crippen molar-refractivity contribution in [1.29, 1.82) is 0 Å². The summed E-state index contributed by atoms with van der Waals surface area (Å²) in [4.78, 5) is 8.34. The van der Waals surface area contributed by atoms with Gasteiger partial charge in [0, 0.05) is 10.7 Å². The van der Waals surface area contributed by atoms with Crippen LogP contribution in [-0.2, 0) is 6.54 Å². The highest BCUT2D eigenvalue weighted by Gasteiger charge is 2.08. The molecule has 0 fully saturated rings. The average Bonchev–Trinajstić information content (AvgIpc) is 2.68. The van der Waals surface area contributed by atoms with E-state index in [1.807, 2.05) is 19.2 Å². The first-order valence-electron chi connectivity index (χ1n) is 4.38. The van der Waals surface area contributed by atoms with Gasteiger partial charge >= 0.3 is 0 Å². The monoisotopic (exact) mass is 268 g/mol. The van der Waals surface area contributed by atoms with Crippen LogP contribution in [0.2, 0.25) is 0 Å². The number of halogens is 1. The third-order valence-electron chi connectivity index (χ3n) is 1.75. The van der Waals surface area contributed by atoms with Crippen molar-refractivity contribution < 1.29 is 4.52 Å². The minimum Gasteiger partial charge on any atom is -0.332 e. The van der Waals surface area contributed by atoms with Crippen LogP contribution >= 0.6 is 15.9 Å².